The molecule has 0 aliphatic heterocycles. The maximum Gasteiger partial charge on any atom is 0.356 e. The lowest BCUT2D eigenvalue weighted by Gasteiger charge is -2.22. The second-order valence-electron chi connectivity index (χ2n) is 7.97. The van der Waals surface area contributed by atoms with Crippen molar-refractivity contribution < 1.29 is 9.53 Å². The van der Waals surface area contributed by atoms with Gasteiger partial charge in [-0.2, -0.15) is 0 Å². The second kappa shape index (κ2) is 6.95. The van der Waals surface area contributed by atoms with Crippen molar-refractivity contribution in [1.29, 1.82) is 0 Å². The molecule has 3 nitrogen and oxygen atoms in total. The number of fused-ring (bicyclic) bond motifs is 1. The third-order valence-corrected chi connectivity index (χ3v) is 4.99. The number of halogens is 1. The molecule has 0 saturated heterocycles. The number of benzene rings is 1. The van der Waals surface area contributed by atoms with Crippen LogP contribution in [-0.4, -0.2) is 17.6 Å². The van der Waals surface area contributed by atoms with Gasteiger partial charge in [-0.05, 0) is 53.9 Å². The van der Waals surface area contributed by atoms with Crippen LogP contribution in [0.5, 0.6) is 0 Å². The Kier molecular flexibility index (Phi) is 5.06. The zero-order valence-corrected chi connectivity index (χ0v) is 16.2. The van der Waals surface area contributed by atoms with Gasteiger partial charge >= 0.3 is 5.97 Å². The average Bonchev–Trinajstić information content (AvgIpc) is 3.38. The molecule has 0 N–H and O–H groups in total. The quantitative estimate of drug-likeness (QED) is 0.484. The van der Waals surface area contributed by atoms with E-state index in [9.17, 15) is 4.79 Å². The highest BCUT2D eigenvalue weighted by molar-refractivity contribution is 6.35. The third-order valence-electron chi connectivity index (χ3n) is 4.68. The highest BCUT2D eigenvalue weighted by atomic mass is 35.5. The van der Waals surface area contributed by atoms with Gasteiger partial charge in [-0.25, -0.2) is 9.78 Å². The number of esters is 1. The minimum atomic E-state index is -0.400. The lowest BCUT2D eigenvalue weighted by molar-refractivity contribution is 0.0493. The van der Waals surface area contributed by atoms with Crippen LogP contribution in [0.3, 0.4) is 0 Å². The number of hydrogen-bond donors (Lipinski definition) is 0. The molecule has 0 bridgehead atoms. The highest BCUT2D eigenvalue weighted by Gasteiger charge is 2.28. The summed E-state index contributed by atoms with van der Waals surface area (Å²) < 4.78 is 5.31. The van der Waals surface area contributed by atoms with Crippen LogP contribution in [0.15, 0.2) is 18.2 Å². The smallest absolute Gasteiger partial charge is 0.356 e. The number of carbonyl (C=O) groups is 1. The molecule has 2 aromatic rings. The second-order valence-corrected chi connectivity index (χ2v) is 8.37. The van der Waals surface area contributed by atoms with Gasteiger partial charge in [0, 0.05) is 5.39 Å². The molecule has 0 spiro atoms. The van der Waals surface area contributed by atoms with Crippen molar-refractivity contribution in [2.24, 2.45) is 0 Å². The molecule has 1 aromatic heterocycles. The number of unbranched alkanes of at least 4 members (excludes halogenated alkanes) is 1. The summed E-state index contributed by atoms with van der Waals surface area (Å²) in [5.41, 5.74) is 3.49. The first-order valence-electron chi connectivity index (χ1n) is 9.13. The lowest BCUT2D eigenvalue weighted by Crippen LogP contribution is -2.15. The van der Waals surface area contributed by atoms with Crippen molar-refractivity contribution >= 4 is 28.5 Å². The summed E-state index contributed by atoms with van der Waals surface area (Å²) >= 11 is 6.54. The van der Waals surface area contributed by atoms with Crippen molar-refractivity contribution in [1.82, 2.24) is 4.98 Å². The van der Waals surface area contributed by atoms with Crippen molar-refractivity contribution in [2.75, 3.05) is 6.61 Å². The monoisotopic (exact) mass is 359 g/mol. The predicted octanol–water partition coefficient (Wildman–Crippen LogP) is 6.02. The van der Waals surface area contributed by atoms with Crippen LogP contribution in [0.1, 0.15) is 80.9 Å². The Bertz CT molecular complexity index is 804. The van der Waals surface area contributed by atoms with Gasteiger partial charge in [0.25, 0.3) is 0 Å². The number of carbonyl (C=O) groups excluding carboxylic acids is 1. The maximum atomic E-state index is 12.3. The Morgan fingerprint density at radius 3 is 2.60 bits per heavy atom. The molecule has 134 valence electrons. The van der Waals surface area contributed by atoms with Gasteiger partial charge in [-0.3, -0.25) is 0 Å². The maximum absolute atomic E-state index is 12.3. The molecule has 25 heavy (non-hydrogen) atoms. The Morgan fingerprint density at radius 1 is 1.28 bits per heavy atom. The summed E-state index contributed by atoms with van der Waals surface area (Å²) in [4.78, 5) is 17.0. The SMILES string of the molecule is CCCCOC(=O)c1cc(Cl)c2cc(C3CC3)cc(C(C)(C)C)c2n1. The fourth-order valence-corrected chi connectivity index (χ4v) is 3.27. The normalized spacial score (nSPS) is 14.8. The van der Waals surface area contributed by atoms with Crippen molar-refractivity contribution in [2.45, 2.75) is 64.7 Å². The van der Waals surface area contributed by atoms with E-state index in [0.717, 1.165) is 29.3 Å². The standard InChI is InChI=1S/C21H26ClNO2/c1-5-6-9-25-20(24)18-12-17(22)15-10-14(13-7-8-13)11-16(19(15)23-18)21(2,3)4/h10-13H,5-9H2,1-4H3. The van der Waals surface area contributed by atoms with E-state index in [4.69, 9.17) is 16.3 Å². The number of rotatable bonds is 5. The Labute approximate surface area is 154 Å². The van der Waals surface area contributed by atoms with Crippen LogP contribution in [0.25, 0.3) is 10.9 Å². The largest absolute Gasteiger partial charge is 0.461 e. The van der Waals surface area contributed by atoms with E-state index in [-0.39, 0.29) is 5.41 Å². The molecule has 1 fully saturated rings. The van der Waals surface area contributed by atoms with Gasteiger partial charge in [0.15, 0.2) is 5.69 Å². The first kappa shape index (κ1) is 18.2. The zero-order chi connectivity index (χ0) is 18.2. The number of ether oxygens (including phenoxy) is 1. The van der Waals surface area contributed by atoms with E-state index in [1.807, 2.05) is 0 Å². The fourth-order valence-electron chi connectivity index (χ4n) is 3.02. The van der Waals surface area contributed by atoms with E-state index >= 15 is 0 Å². The summed E-state index contributed by atoms with van der Waals surface area (Å²) in [5, 5.41) is 1.50. The average molecular weight is 360 g/mol. The molecule has 0 radical (unpaired) electrons. The van der Waals surface area contributed by atoms with Gasteiger partial charge in [-0.15, -0.1) is 0 Å². The molecule has 1 aliphatic carbocycles. The van der Waals surface area contributed by atoms with Gasteiger partial charge in [0.1, 0.15) is 0 Å². The van der Waals surface area contributed by atoms with Crippen LogP contribution < -0.4 is 0 Å². The number of aromatic nitrogens is 1. The summed E-state index contributed by atoms with van der Waals surface area (Å²) in [7, 11) is 0. The van der Waals surface area contributed by atoms with Crippen molar-refractivity contribution in [3.05, 3.63) is 40.0 Å². The Balaban J connectivity index is 2.09. The molecular weight excluding hydrogens is 334 g/mol. The molecule has 0 atom stereocenters. The molecule has 4 heteroatoms. The Morgan fingerprint density at radius 2 is 2.00 bits per heavy atom. The molecule has 1 aromatic carbocycles. The molecule has 1 heterocycles. The topological polar surface area (TPSA) is 39.2 Å². The molecule has 0 unspecified atom stereocenters. The van der Waals surface area contributed by atoms with E-state index in [0.29, 0.717) is 23.2 Å². The van der Waals surface area contributed by atoms with Crippen LogP contribution in [-0.2, 0) is 10.2 Å². The van der Waals surface area contributed by atoms with Crippen LogP contribution in [0, 0.1) is 0 Å². The minimum absolute atomic E-state index is 0.0791. The van der Waals surface area contributed by atoms with Gasteiger partial charge in [-0.1, -0.05) is 51.8 Å². The molecule has 0 amide bonds. The summed E-state index contributed by atoms with van der Waals surface area (Å²) in [6.45, 7) is 8.98. The summed E-state index contributed by atoms with van der Waals surface area (Å²) in [5.74, 6) is 0.239. The molecular formula is C21H26ClNO2. The number of nitrogens with zero attached hydrogens (tertiary/aromatic N) is 1. The molecule has 3 rings (SSSR count). The van der Waals surface area contributed by atoms with E-state index in [1.54, 1.807) is 6.07 Å². The fraction of sp³-hybridized carbons (Fsp3) is 0.524. The van der Waals surface area contributed by atoms with Crippen LogP contribution >= 0.6 is 11.6 Å². The zero-order valence-electron chi connectivity index (χ0n) is 15.5. The van der Waals surface area contributed by atoms with Gasteiger partial charge < -0.3 is 4.74 Å². The molecule has 1 saturated carbocycles. The number of pyridine rings is 1. The van der Waals surface area contributed by atoms with Crippen molar-refractivity contribution in [3.63, 3.8) is 0 Å². The predicted molar refractivity (Wildman–Crippen MR) is 103 cm³/mol. The van der Waals surface area contributed by atoms with Crippen molar-refractivity contribution in [3.8, 4) is 0 Å². The highest BCUT2D eigenvalue weighted by Crippen LogP contribution is 2.44. The first-order chi connectivity index (χ1) is 11.8. The third kappa shape index (κ3) is 3.98. The lowest BCUT2D eigenvalue weighted by atomic mass is 9.83. The van der Waals surface area contributed by atoms with E-state index < -0.39 is 5.97 Å². The summed E-state index contributed by atoms with van der Waals surface area (Å²) in [6.07, 6.45) is 4.31. The summed E-state index contributed by atoms with van der Waals surface area (Å²) in [6, 6.07) is 6.03. The van der Waals surface area contributed by atoms with E-state index in [2.05, 4.69) is 44.8 Å². The van der Waals surface area contributed by atoms with Gasteiger partial charge in [0.05, 0.1) is 17.1 Å². The van der Waals surface area contributed by atoms with Gasteiger partial charge in [0.2, 0.25) is 0 Å². The number of hydrogen-bond acceptors (Lipinski definition) is 3. The van der Waals surface area contributed by atoms with Crippen LogP contribution in [0.4, 0.5) is 0 Å². The molecule has 1 aliphatic rings. The minimum Gasteiger partial charge on any atom is -0.461 e. The first-order valence-corrected chi connectivity index (χ1v) is 9.51. The Hall–Kier alpha value is -1.61. The van der Waals surface area contributed by atoms with E-state index in [1.165, 1.54) is 18.4 Å². The van der Waals surface area contributed by atoms with Crippen LogP contribution in [0.2, 0.25) is 5.02 Å².